The van der Waals surface area contributed by atoms with Crippen molar-refractivity contribution in [1.82, 2.24) is 15.0 Å². The molecule has 0 aliphatic carbocycles. The highest BCUT2D eigenvalue weighted by Gasteiger charge is 2.19. The Balaban J connectivity index is 1.51. The SMILES string of the molecule is CC1=CN=C(c2cnc(CCCNc3ccc(C#N)cn3)nc2-c2ccc(Cl)cc2Cl)C1. The molecule has 0 unspecified atom stereocenters. The Hall–Kier alpha value is -3.27. The molecule has 0 radical (unpaired) electrons. The predicted molar refractivity (Wildman–Crippen MR) is 128 cm³/mol. The third kappa shape index (κ3) is 5.13. The number of hydrogen-bond acceptors (Lipinski definition) is 6. The minimum atomic E-state index is 0.537. The number of nitrogens with one attached hydrogen (secondary N) is 1. The number of hydrogen-bond donors (Lipinski definition) is 1. The molecule has 0 spiro atoms. The van der Waals surface area contributed by atoms with Crippen LogP contribution in [0.1, 0.15) is 36.7 Å². The lowest BCUT2D eigenvalue weighted by Crippen LogP contribution is -2.09. The summed E-state index contributed by atoms with van der Waals surface area (Å²) in [4.78, 5) is 18.2. The maximum absolute atomic E-state index is 8.86. The first-order valence-corrected chi connectivity index (χ1v) is 10.9. The van der Waals surface area contributed by atoms with Gasteiger partial charge in [-0.3, -0.25) is 4.99 Å². The fourth-order valence-electron chi connectivity index (χ4n) is 3.37. The second kappa shape index (κ2) is 9.90. The Kier molecular flexibility index (Phi) is 6.79. The highest BCUT2D eigenvalue weighted by atomic mass is 35.5. The van der Waals surface area contributed by atoms with Crippen LogP contribution in [0.25, 0.3) is 11.3 Å². The molecule has 1 N–H and O–H groups in total. The largest absolute Gasteiger partial charge is 0.370 e. The van der Waals surface area contributed by atoms with Crippen molar-refractivity contribution in [2.75, 3.05) is 11.9 Å². The number of aryl methyl sites for hydroxylation is 1. The number of nitrogens with zero attached hydrogens (tertiary/aromatic N) is 5. The summed E-state index contributed by atoms with van der Waals surface area (Å²) in [5.41, 5.74) is 5.12. The number of benzene rings is 1. The summed E-state index contributed by atoms with van der Waals surface area (Å²) in [7, 11) is 0. The number of aromatic nitrogens is 3. The van der Waals surface area contributed by atoms with E-state index >= 15 is 0 Å². The van der Waals surface area contributed by atoms with Gasteiger partial charge < -0.3 is 5.32 Å². The first kappa shape index (κ1) is 21.9. The van der Waals surface area contributed by atoms with Crippen molar-refractivity contribution in [2.45, 2.75) is 26.2 Å². The number of halogens is 2. The second-order valence-electron chi connectivity index (χ2n) is 7.47. The zero-order chi connectivity index (χ0) is 22.5. The molecule has 1 aliphatic heterocycles. The fourth-order valence-corrected chi connectivity index (χ4v) is 3.87. The lowest BCUT2D eigenvalue weighted by Gasteiger charge is -2.13. The molecule has 4 rings (SSSR count). The fraction of sp³-hybridized carbons (Fsp3) is 0.208. The molecule has 3 heterocycles. The summed E-state index contributed by atoms with van der Waals surface area (Å²) in [6.45, 7) is 2.76. The Bertz CT molecular complexity index is 1240. The van der Waals surface area contributed by atoms with Gasteiger partial charge >= 0.3 is 0 Å². The van der Waals surface area contributed by atoms with Crippen LogP contribution in [0, 0.1) is 11.3 Å². The molecule has 0 fully saturated rings. The van der Waals surface area contributed by atoms with Crippen LogP contribution >= 0.6 is 23.2 Å². The van der Waals surface area contributed by atoms with Gasteiger partial charge in [0.25, 0.3) is 0 Å². The monoisotopic (exact) mass is 462 g/mol. The van der Waals surface area contributed by atoms with Crippen molar-refractivity contribution >= 4 is 34.7 Å². The van der Waals surface area contributed by atoms with Crippen LogP contribution in [0.15, 0.2) is 59.5 Å². The quantitative estimate of drug-likeness (QED) is 0.444. The molecule has 32 heavy (non-hydrogen) atoms. The van der Waals surface area contributed by atoms with E-state index < -0.39 is 0 Å². The van der Waals surface area contributed by atoms with Gasteiger partial charge in [0.05, 0.1) is 22.0 Å². The minimum absolute atomic E-state index is 0.537. The number of allylic oxidation sites excluding steroid dienone is 1. The van der Waals surface area contributed by atoms with Crippen molar-refractivity contribution < 1.29 is 0 Å². The van der Waals surface area contributed by atoms with Gasteiger partial charge in [-0.05, 0) is 49.2 Å². The van der Waals surface area contributed by atoms with Gasteiger partial charge in [-0.2, -0.15) is 5.26 Å². The topological polar surface area (TPSA) is 86.9 Å². The summed E-state index contributed by atoms with van der Waals surface area (Å²) >= 11 is 12.6. The molecular weight excluding hydrogens is 443 g/mol. The number of nitriles is 1. The molecule has 3 aromatic rings. The summed E-state index contributed by atoms with van der Waals surface area (Å²) in [6.07, 6.45) is 7.53. The third-order valence-corrected chi connectivity index (χ3v) is 5.55. The average molecular weight is 463 g/mol. The Labute approximate surface area is 196 Å². The van der Waals surface area contributed by atoms with E-state index in [0.717, 1.165) is 47.0 Å². The van der Waals surface area contributed by atoms with Crippen LogP contribution in [0.3, 0.4) is 0 Å². The maximum Gasteiger partial charge on any atom is 0.129 e. The molecule has 0 saturated carbocycles. The van der Waals surface area contributed by atoms with E-state index in [1.165, 1.54) is 5.57 Å². The van der Waals surface area contributed by atoms with Gasteiger partial charge in [-0.15, -0.1) is 0 Å². The van der Waals surface area contributed by atoms with E-state index in [0.29, 0.717) is 28.6 Å². The molecule has 0 saturated heterocycles. The molecule has 2 aromatic heterocycles. The zero-order valence-corrected chi connectivity index (χ0v) is 19.0. The number of rotatable bonds is 7. The highest BCUT2D eigenvalue weighted by Crippen LogP contribution is 2.33. The highest BCUT2D eigenvalue weighted by molar-refractivity contribution is 6.36. The van der Waals surface area contributed by atoms with Gasteiger partial charge in [0, 0.05) is 54.1 Å². The first-order chi connectivity index (χ1) is 15.5. The molecule has 8 heteroatoms. The molecule has 160 valence electrons. The van der Waals surface area contributed by atoms with E-state index in [2.05, 4.69) is 33.3 Å². The van der Waals surface area contributed by atoms with E-state index in [4.69, 9.17) is 33.4 Å². The summed E-state index contributed by atoms with van der Waals surface area (Å²) in [6, 6.07) is 11.0. The zero-order valence-electron chi connectivity index (χ0n) is 17.4. The van der Waals surface area contributed by atoms with Crippen molar-refractivity contribution in [3.63, 3.8) is 0 Å². The normalized spacial score (nSPS) is 12.8. The van der Waals surface area contributed by atoms with Crippen LogP contribution in [-0.2, 0) is 6.42 Å². The molecule has 0 bridgehead atoms. The Morgan fingerprint density at radius 2 is 1.97 bits per heavy atom. The van der Waals surface area contributed by atoms with E-state index in [9.17, 15) is 0 Å². The Morgan fingerprint density at radius 3 is 2.66 bits per heavy atom. The number of anilines is 1. The van der Waals surface area contributed by atoms with Crippen LogP contribution < -0.4 is 5.32 Å². The van der Waals surface area contributed by atoms with Gasteiger partial charge in [-0.1, -0.05) is 23.2 Å². The molecule has 1 aromatic carbocycles. The summed E-state index contributed by atoms with van der Waals surface area (Å²) in [5, 5.41) is 13.2. The van der Waals surface area contributed by atoms with Gasteiger partial charge in [0.2, 0.25) is 0 Å². The molecule has 0 atom stereocenters. The van der Waals surface area contributed by atoms with Crippen molar-refractivity contribution in [2.24, 2.45) is 4.99 Å². The third-order valence-electron chi connectivity index (χ3n) is 5.00. The molecule has 1 aliphatic rings. The van der Waals surface area contributed by atoms with E-state index in [1.54, 1.807) is 24.4 Å². The van der Waals surface area contributed by atoms with Crippen molar-refractivity contribution in [1.29, 1.82) is 5.26 Å². The average Bonchev–Trinajstić information content (AvgIpc) is 3.23. The Morgan fingerprint density at radius 1 is 1.09 bits per heavy atom. The number of aliphatic imine (C=N–C) groups is 1. The van der Waals surface area contributed by atoms with E-state index in [-0.39, 0.29) is 0 Å². The van der Waals surface area contributed by atoms with E-state index in [1.807, 2.05) is 24.5 Å². The van der Waals surface area contributed by atoms with Crippen molar-refractivity contribution in [3.8, 4) is 17.3 Å². The van der Waals surface area contributed by atoms with Crippen LogP contribution in [0.5, 0.6) is 0 Å². The number of pyridine rings is 1. The van der Waals surface area contributed by atoms with Crippen LogP contribution in [0.4, 0.5) is 5.82 Å². The molecule has 6 nitrogen and oxygen atoms in total. The standard InChI is InChI=1S/C24H20Cl2N6/c1-15-9-21(29-12-15)19-14-31-23(32-24(19)18-6-5-17(25)10-20(18)26)3-2-8-28-22-7-4-16(11-27)13-30-22/h4-7,10,12-14H,2-3,8-9H2,1H3,(H,28,30). The minimum Gasteiger partial charge on any atom is -0.370 e. The molecular formula is C24H20Cl2N6. The van der Waals surface area contributed by atoms with Gasteiger partial charge in [-0.25, -0.2) is 15.0 Å². The van der Waals surface area contributed by atoms with Crippen molar-refractivity contribution in [3.05, 3.63) is 81.5 Å². The van der Waals surface area contributed by atoms with Gasteiger partial charge in [0.15, 0.2) is 0 Å². The van der Waals surface area contributed by atoms with Crippen LogP contribution in [-0.4, -0.2) is 27.2 Å². The lowest BCUT2D eigenvalue weighted by molar-refractivity contribution is 0.799. The maximum atomic E-state index is 8.86. The first-order valence-electron chi connectivity index (χ1n) is 10.2. The van der Waals surface area contributed by atoms with Crippen LogP contribution in [0.2, 0.25) is 10.0 Å². The molecule has 0 amide bonds. The second-order valence-corrected chi connectivity index (χ2v) is 8.32. The smallest absolute Gasteiger partial charge is 0.129 e. The summed E-state index contributed by atoms with van der Waals surface area (Å²) < 4.78 is 0. The predicted octanol–water partition coefficient (Wildman–Crippen LogP) is 5.86. The summed E-state index contributed by atoms with van der Waals surface area (Å²) in [5.74, 6) is 1.46. The van der Waals surface area contributed by atoms with Gasteiger partial charge in [0.1, 0.15) is 17.7 Å². The lowest BCUT2D eigenvalue weighted by atomic mass is 10.0.